The fourth-order valence-corrected chi connectivity index (χ4v) is 2.10. The molecule has 0 atom stereocenters. The van der Waals surface area contributed by atoms with Gasteiger partial charge < -0.3 is 9.59 Å². The molecule has 0 saturated carbocycles. The third kappa shape index (κ3) is 5.85. The first-order chi connectivity index (χ1) is 7.60. The van der Waals surface area contributed by atoms with Crippen molar-refractivity contribution in [3.63, 3.8) is 0 Å². The minimum absolute atomic E-state index is 0.0676. The summed E-state index contributed by atoms with van der Waals surface area (Å²) in [7, 11) is 0. The maximum absolute atomic E-state index is 8.69. The molecule has 0 heterocycles. The van der Waals surface area contributed by atoms with E-state index in [4.69, 9.17) is 5.11 Å². The zero-order valence-electron chi connectivity index (χ0n) is 10.9. The number of quaternary nitrogens is 1. The molecule has 0 aliphatic heterocycles. The third-order valence-corrected chi connectivity index (χ3v) is 2.44. The van der Waals surface area contributed by atoms with Crippen LogP contribution < -0.4 is 0 Å². The molecule has 1 N–H and O–H groups in total. The van der Waals surface area contributed by atoms with Crippen molar-refractivity contribution in [2.24, 2.45) is 0 Å². The standard InChI is InChI=1S/C14H25NO/c1-5-9-15(10-6-2,13-14(3)4)11-7-8-12-16/h11,16H,3,5-6,9-10,12-13H2,1-2,4H3. The predicted molar refractivity (Wildman–Crippen MR) is 69.4 cm³/mol. The summed E-state index contributed by atoms with van der Waals surface area (Å²) in [5.74, 6) is 5.66. The third-order valence-electron chi connectivity index (χ3n) is 2.44. The van der Waals surface area contributed by atoms with Crippen molar-refractivity contribution in [1.29, 1.82) is 0 Å². The minimum atomic E-state index is -0.0676. The Morgan fingerprint density at radius 1 is 1.31 bits per heavy atom. The number of hydrogen-bond acceptors (Lipinski definition) is 1. The second-order valence-corrected chi connectivity index (χ2v) is 4.39. The molecule has 0 aromatic rings. The Hall–Kier alpha value is -0.910. The second-order valence-electron chi connectivity index (χ2n) is 4.39. The van der Waals surface area contributed by atoms with E-state index in [-0.39, 0.29) is 6.61 Å². The molecule has 2 heteroatoms. The van der Waals surface area contributed by atoms with Gasteiger partial charge in [-0.25, -0.2) is 5.92 Å². The van der Waals surface area contributed by atoms with E-state index in [1.807, 2.05) is 6.54 Å². The first-order valence-electron chi connectivity index (χ1n) is 6.04. The van der Waals surface area contributed by atoms with Crippen molar-refractivity contribution in [3.8, 4) is 11.8 Å². The highest BCUT2D eigenvalue weighted by Crippen LogP contribution is 2.15. The van der Waals surface area contributed by atoms with E-state index in [1.165, 1.54) is 5.57 Å². The van der Waals surface area contributed by atoms with Crippen molar-refractivity contribution in [2.75, 3.05) is 26.2 Å². The normalized spacial score (nSPS) is 10.5. The van der Waals surface area contributed by atoms with Crippen LogP contribution in [-0.2, 0) is 0 Å². The summed E-state index contributed by atoms with van der Waals surface area (Å²) in [4.78, 5) is 0. The summed E-state index contributed by atoms with van der Waals surface area (Å²) in [6, 6.07) is 0. The van der Waals surface area contributed by atoms with Crippen LogP contribution >= 0.6 is 0 Å². The van der Waals surface area contributed by atoms with E-state index in [0.29, 0.717) is 0 Å². The van der Waals surface area contributed by atoms with E-state index in [9.17, 15) is 0 Å². The number of hydrogen-bond donors (Lipinski definition) is 1. The minimum Gasteiger partial charge on any atom is -0.404 e. The highest BCUT2D eigenvalue weighted by molar-refractivity contribution is 5.06. The molecule has 0 radical (unpaired) electrons. The van der Waals surface area contributed by atoms with E-state index in [1.54, 1.807) is 0 Å². The molecular weight excluding hydrogens is 198 g/mol. The quantitative estimate of drug-likeness (QED) is 0.304. The Morgan fingerprint density at radius 2 is 1.88 bits per heavy atom. The van der Waals surface area contributed by atoms with Gasteiger partial charge in [0.15, 0.2) is 0 Å². The first-order valence-corrected chi connectivity index (χ1v) is 6.04. The number of nitrogens with zero attached hydrogens (tertiary/aromatic N) is 1. The van der Waals surface area contributed by atoms with Gasteiger partial charge in [-0.15, -0.1) is 0 Å². The molecule has 0 bridgehead atoms. The molecular formula is C14H25NO. The average Bonchev–Trinajstić information content (AvgIpc) is 2.17. The van der Waals surface area contributed by atoms with E-state index in [2.05, 4.69) is 39.2 Å². The Bertz CT molecular complexity index is 254. The maximum atomic E-state index is 8.69. The van der Waals surface area contributed by atoms with Crippen LogP contribution in [0.3, 0.4) is 0 Å². The largest absolute Gasteiger partial charge is 0.404 e. The van der Waals surface area contributed by atoms with Gasteiger partial charge in [0.2, 0.25) is 0 Å². The molecule has 0 aliphatic carbocycles. The fraction of sp³-hybridized carbons (Fsp3) is 0.643. The summed E-state index contributed by atoms with van der Waals surface area (Å²) in [5, 5.41) is 8.69. The molecule has 2 nitrogen and oxygen atoms in total. The molecule has 0 amide bonds. The lowest BCUT2D eigenvalue weighted by atomic mass is 10.2. The van der Waals surface area contributed by atoms with E-state index < -0.39 is 0 Å². The highest BCUT2D eigenvalue weighted by atomic mass is 16.2. The van der Waals surface area contributed by atoms with Crippen molar-refractivity contribution in [3.05, 3.63) is 18.7 Å². The van der Waals surface area contributed by atoms with Crippen LogP contribution in [0.25, 0.3) is 0 Å². The summed E-state index contributed by atoms with van der Waals surface area (Å²) < 4.78 is 0.870. The van der Waals surface area contributed by atoms with Gasteiger partial charge >= 0.3 is 0 Å². The van der Waals surface area contributed by atoms with Crippen LogP contribution in [0, 0.1) is 18.4 Å². The molecule has 0 saturated heterocycles. The zero-order chi connectivity index (χ0) is 12.4. The van der Waals surface area contributed by atoms with Crippen molar-refractivity contribution in [1.82, 2.24) is 0 Å². The lowest BCUT2D eigenvalue weighted by Gasteiger charge is -2.41. The van der Waals surface area contributed by atoms with Crippen LogP contribution in [0.5, 0.6) is 0 Å². The lowest BCUT2D eigenvalue weighted by Crippen LogP contribution is -2.47. The van der Waals surface area contributed by atoms with Gasteiger partial charge in [0.25, 0.3) is 0 Å². The molecule has 0 unspecified atom stereocenters. The van der Waals surface area contributed by atoms with Gasteiger partial charge in [-0.3, -0.25) is 5.92 Å². The van der Waals surface area contributed by atoms with Gasteiger partial charge in [-0.05, 0) is 25.3 Å². The Labute approximate surface area is 101 Å². The molecule has 0 aliphatic rings. The molecule has 16 heavy (non-hydrogen) atoms. The second kappa shape index (κ2) is 8.27. The smallest absolute Gasteiger partial charge is 0.0910 e. The Morgan fingerprint density at radius 3 is 2.25 bits per heavy atom. The van der Waals surface area contributed by atoms with E-state index >= 15 is 0 Å². The number of rotatable bonds is 7. The van der Waals surface area contributed by atoms with Crippen molar-refractivity contribution >= 4 is 0 Å². The molecule has 0 aromatic heterocycles. The van der Waals surface area contributed by atoms with Gasteiger partial charge in [-0.2, -0.15) is 0 Å². The average molecular weight is 223 g/mol. The monoisotopic (exact) mass is 223 g/mol. The summed E-state index contributed by atoms with van der Waals surface area (Å²) in [6.45, 7) is 15.5. The van der Waals surface area contributed by atoms with Crippen molar-refractivity contribution in [2.45, 2.75) is 33.6 Å². The SMILES string of the molecule is C=C(C)C[N+]([CH-]C#CCO)(CCC)CCC. The summed E-state index contributed by atoms with van der Waals surface area (Å²) in [6.07, 6.45) is 2.26. The topological polar surface area (TPSA) is 20.2 Å². The molecule has 92 valence electrons. The molecule has 0 aromatic carbocycles. The Kier molecular flexibility index (Phi) is 7.80. The maximum Gasteiger partial charge on any atom is 0.0910 e. The number of aliphatic hydroxyl groups excluding tert-OH is 1. The van der Waals surface area contributed by atoms with Crippen LogP contribution in [-0.4, -0.2) is 35.8 Å². The number of aliphatic hydroxyl groups is 1. The van der Waals surface area contributed by atoms with Gasteiger partial charge in [0, 0.05) is 13.2 Å². The zero-order valence-corrected chi connectivity index (χ0v) is 10.9. The summed E-state index contributed by atoms with van der Waals surface area (Å²) in [5.41, 5.74) is 1.18. The van der Waals surface area contributed by atoms with Crippen LogP contribution in [0.15, 0.2) is 12.2 Å². The predicted octanol–water partition coefficient (Wildman–Crippen LogP) is 2.36. The van der Waals surface area contributed by atoms with Crippen molar-refractivity contribution < 1.29 is 9.59 Å². The lowest BCUT2D eigenvalue weighted by molar-refractivity contribution is -0.890. The fourth-order valence-electron chi connectivity index (χ4n) is 2.10. The van der Waals surface area contributed by atoms with E-state index in [0.717, 1.165) is 37.0 Å². The molecule has 0 spiro atoms. The van der Waals surface area contributed by atoms with Crippen LogP contribution in [0.1, 0.15) is 33.6 Å². The Balaban J connectivity index is 4.68. The van der Waals surface area contributed by atoms with Gasteiger partial charge in [0.1, 0.15) is 0 Å². The van der Waals surface area contributed by atoms with Gasteiger partial charge in [-0.1, -0.05) is 20.4 Å². The highest BCUT2D eigenvalue weighted by Gasteiger charge is 2.20. The van der Waals surface area contributed by atoms with Crippen LogP contribution in [0.2, 0.25) is 0 Å². The van der Waals surface area contributed by atoms with Gasteiger partial charge in [0.05, 0.1) is 19.6 Å². The molecule has 0 fully saturated rings. The van der Waals surface area contributed by atoms with Crippen LogP contribution in [0.4, 0.5) is 0 Å². The first kappa shape index (κ1) is 15.1. The summed E-state index contributed by atoms with van der Waals surface area (Å²) >= 11 is 0. The molecule has 0 rings (SSSR count).